The summed E-state index contributed by atoms with van der Waals surface area (Å²) < 4.78 is 6.35. The van der Waals surface area contributed by atoms with Gasteiger partial charge < -0.3 is 4.74 Å². The number of carbonyl (C=O) groups excluding carboxylic acids is 1. The molecule has 2 aromatic carbocycles. The number of ether oxygens (including phenoxy) is 1. The van der Waals surface area contributed by atoms with Gasteiger partial charge in [-0.3, -0.25) is 4.79 Å². The quantitative estimate of drug-likeness (QED) is 0.551. The van der Waals surface area contributed by atoms with Crippen LogP contribution < -0.4 is 4.74 Å². The van der Waals surface area contributed by atoms with Gasteiger partial charge >= 0.3 is 0 Å². The Morgan fingerprint density at radius 2 is 2.00 bits per heavy atom. The molecule has 0 fully saturated rings. The zero-order valence-corrected chi connectivity index (χ0v) is 13.8. The van der Waals surface area contributed by atoms with Crippen LogP contribution in [-0.2, 0) is 0 Å². The van der Waals surface area contributed by atoms with Crippen LogP contribution in [0, 0.1) is 11.3 Å². The number of hydrogen-bond acceptors (Lipinski definition) is 3. The molecule has 0 atom stereocenters. The lowest BCUT2D eigenvalue weighted by atomic mass is 10.1. The summed E-state index contributed by atoms with van der Waals surface area (Å²) in [5.41, 5.74) is 1.73. The van der Waals surface area contributed by atoms with Crippen LogP contribution in [-0.4, -0.2) is 12.9 Å². The van der Waals surface area contributed by atoms with Gasteiger partial charge in [0.15, 0.2) is 6.29 Å². The van der Waals surface area contributed by atoms with Crippen LogP contribution in [0.4, 0.5) is 0 Å². The molecule has 0 aliphatic rings. The molecule has 22 heavy (non-hydrogen) atoms. The fourth-order valence-corrected chi connectivity index (χ4v) is 2.27. The number of benzene rings is 2. The molecule has 0 saturated carbocycles. The van der Waals surface area contributed by atoms with Crippen molar-refractivity contribution in [2.75, 3.05) is 6.61 Å². The lowest BCUT2D eigenvalue weighted by molar-refractivity contribution is 0.112. The van der Waals surface area contributed by atoms with Crippen LogP contribution in [0.3, 0.4) is 0 Å². The zero-order chi connectivity index (χ0) is 15.9. The maximum absolute atomic E-state index is 11.0. The number of nitriles is 1. The molecule has 0 spiro atoms. The van der Waals surface area contributed by atoms with Crippen molar-refractivity contribution >= 4 is 39.9 Å². The van der Waals surface area contributed by atoms with Gasteiger partial charge in [0.25, 0.3) is 0 Å². The lowest BCUT2D eigenvalue weighted by Crippen LogP contribution is -2.02. The molecule has 2 aromatic rings. The van der Waals surface area contributed by atoms with E-state index in [2.05, 4.69) is 22.0 Å². The van der Waals surface area contributed by atoms with Gasteiger partial charge in [0.05, 0.1) is 17.2 Å². The fraction of sp³-hybridized carbons (Fsp3) is 0.0588. The number of aldehydes is 1. The predicted molar refractivity (Wildman–Crippen MR) is 90.1 cm³/mol. The van der Waals surface area contributed by atoms with E-state index in [1.165, 1.54) is 0 Å². The van der Waals surface area contributed by atoms with Crippen LogP contribution in [0.15, 0.2) is 52.5 Å². The van der Waals surface area contributed by atoms with E-state index in [-0.39, 0.29) is 6.61 Å². The molecule has 0 aliphatic carbocycles. The largest absolute Gasteiger partial charge is 0.487 e. The molecule has 3 nitrogen and oxygen atoms in total. The van der Waals surface area contributed by atoms with Gasteiger partial charge in [-0.1, -0.05) is 39.7 Å². The molecule has 2 rings (SSSR count). The van der Waals surface area contributed by atoms with E-state index in [4.69, 9.17) is 16.3 Å². The van der Waals surface area contributed by atoms with Crippen molar-refractivity contribution < 1.29 is 9.53 Å². The molecule has 5 heteroatoms. The number of rotatable bonds is 5. The zero-order valence-electron chi connectivity index (χ0n) is 11.4. The summed E-state index contributed by atoms with van der Waals surface area (Å²) in [7, 11) is 0. The number of hydrogen-bond donors (Lipinski definition) is 0. The molecule has 110 valence electrons. The van der Waals surface area contributed by atoms with Gasteiger partial charge in [0.2, 0.25) is 0 Å². The Morgan fingerprint density at radius 1 is 1.27 bits per heavy atom. The van der Waals surface area contributed by atoms with E-state index in [1.54, 1.807) is 36.4 Å². The highest BCUT2D eigenvalue weighted by molar-refractivity contribution is 9.10. The highest BCUT2D eigenvalue weighted by Crippen LogP contribution is 2.22. The Labute approximate surface area is 141 Å². The second kappa shape index (κ2) is 7.79. The Bertz CT molecular complexity index is 748. The monoisotopic (exact) mass is 375 g/mol. The SMILES string of the molecule is N#C/C(=C\c1ccc(Cl)cc1)COc1ccc(Br)cc1C=O. The molecule has 0 bridgehead atoms. The summed E-state index contributed by atoms with van der Waals surface area (Å²) in [4.78, 5) is 11.0. The minimum atomic E-state index is 0.0849. The van der Waals surface area contributed by atoms with E-state index in [9.17, 15) is 10.1 Å². The Morgan fingerprint density at radius 3 is 2.64 bits per heavy atom. The minimum Gasteiger partial charge on any atom is -0.487 e. The third kappa shape index (κ3) is 4.45. The lowest BCUT2D eigenvalue weighted by Gasteiger charge is -2.08. The summed E-state index contributed by atoms with van der Waals surface area (Å²) in [5, 5.41) is 9.83. The topological polar surface area (TPSA) is 50.1 Å². The van der Waals surface area contributed by atoms with Gasteiger partial charge in [-0.05, 0) is 42.0 Å². The molecular formula is C17H11BrClNO2. The van der Waals surface area contributed by atoms with Gasteiger partial charge in [-0.25, -0.2) is 0 Å². The van der Waals surface area contributed by atoms with Crippen LogP contribution in [0.25, 0.3) is 6.08 Å². The predicted octanol–water partition coefficient (Wildman–Crippen LogP) is 4.90. The summed E-state index contributed by atoms with van der Waals surface area (Å²) >= 11 is 9.11. The van der Waals surface area contributed by atoms with Crippen molar-refractivity contribution in [1.82, 2.24) is 0 Å². The van der Waals surface area contributed by atoms with E-state index >= 15 is 0 Å². The fourth-order valence-electron chi connectivity index (χ4n) is 1.76. The maximum atomic E-state index is 11.0. The van der Waals surface area contributed by atoms with Crippen molar-refractivity contribution in [3.63, 3.8) is 0 Å². The molecule has 0 aromatic heterocycles. The molecule has 0 aliphatic heterocycles. The van der Waals surface area contributed by atoms with Gasteiger partial charge in [0.1, 0.15) is 12.4 Å². The molecule has 0 radical (unpaired) electrons. The maximum Gasteiger partial charge on any atom is 0.153 e. The smallest absolute Gasteiger partial charge is 0.153 e. The number of nitrogens with zero attached hydrogens (tertiary/aromatic N) is 1. The first-order valence-electron chi connectivity index (χ1n) is 6.36. The van der Waals surface area contributed by atoms with Crippen molar-refractivity contribution in [3.8, 4) is 11.8 Å². The highest BCUT2D eigenvalue weighted by Gasteiger charge is 2.05. The Kier molecular flexibility index (Phi) is 5.76. The van der Waals surface area contributed by atoms with Crippen molar-refractivity contribution in [2.24, 2.45) is 0 Å². The summed E-state index contributed by atoms with van der Waals surface area (Å²) in [6.07, 6.45) is 2.44. The molecular weight excluding hydrogens is 366 g/mol. The van der Waals surface area contributed by atoms with Crippen LogP contribution >= 0.6 is 27.5 Å². The first kappa shape index (κ1) is 16.3. The molecule has 0 amide bonds. The Hall–Kier alpha value is -2.09. The van der Waals surface area contributed by atoms with Crippen LogP contribution in [0.1, 0.15) is 15.9 Å². The van der Waals surface area contributed by atoms with Gasteiger partial charge in [-0.2, -0.15) is 5.26 Å². The van der Waals surface area contributed by atoms with Gasteiger partial charge in [-0.15, -0.1) is 0 Å². The second-order valence-electron chi connectivity index (χ2n) is 4.42. The summed E-state index contributed by atoms with van der Waals surface area (Å²) in [6.45, 7) is 0.0849. The highest BCUT2D eigenvalue weighted by atomic mass is 79.9. The first-order valence-corrected chi connectivity index (χ1v) is 7.53. The normalized spacial score (nSPS) is 10.9. The number of carbonyl (C=O) groups is 1. The number of halogens is 2. The van der Waals surface area contributed by atoms with Crippen molar-refractivity contribution in [1.29, 1.82) is 5.26 Å². The molecule has 0 heterocycles. The third-order valence-electron chi connectivity index (χ3n) is 2.84. The van der Waals surface area contributed by atoms with Gasteiger partial charge in [0, 0.05) is 9.50 Å². The minimum absolute atomic E-state index is 0.0849. The van der Waals surface area contributed by atoms with Crippen LogP contribution in [0.2, 0.25) is 5.02 Å². The standard InChI is InChI=1S/C17H11BrClNO2/c18-15-3-6-17(14(8-15)10-21)22-11-13(9-20)7-12-1-4-16(19)5-2-12/h1-8,10H,11H2/b13-7+. The Balaban J connectivity index is 2.13. The molecule has 0 unspecified atom stereocenters. The van der Waals surface area contributed by atoms with Crippen molar-refractivity contribution in [2.45, 2.75) is 0 Å². The van der Waals surface area contributed by atoms with E-state index in [0.717, 1.165) is 16.3 Å². The first-order chi connectivity index (χ1) is 10.6. The third-order valence-corrected chi connectivity index (χ3v) is 3.58. The van der Waals surface area contributed by atoms with E-state index < -0.39 is 0 Å². The molecule has 0 N–H and O–H groups in total. The second-order valence-corrected chi connectivity index (χ2v) is 5.77. The summed E-state index contributed by atoms with van der Waals surface area (Å²) in [6, 6.07) is 14.4. The average Bonchev–Trinajstić information content (AvgIpc) is 2.54. The van der Waals surface area contributed by atoms with E-state index in [0.29, 0.717) is 21.9 Å². The van der Waals surface area contributed by atoms with Crippen molar-refractivity contribution in [3.05, 3.63) is 68.7 Å². The average molecular weight is 377 g/mol. The van der Waals surface area contributed by atoms with Crippen LogP contribution in [0.5, 0.6) is 5.75 Å². The summed E-state index contributed by atoms with van der Waals surface area (Å²) in [5.74, 6) is 0.440. The molecule has 0 saturated heterocycles. The van der Waals surface area contributed by atoms with E-state index in [1.807, 2.05) is 12.1 Å².